The topological polar surface area (TPSA) is 80.9 Å². The molecule has 3 heterocycles. The van der Waals surface area contributed by atoms with Crippen molar-refractivity contribution in [3.05, 3.63) is 53.7 Å². The molecule has 2 aliphatic heterocycles. The number of ether oxygens (including phenoxy) is 3. The molecule has 0 aliphatic carbocycles. The molecule has 1 amide bonds. The van der Waals surface area contributed by atoms with Gasteiger partial charge in [0, 0.05) is 30.8 Å². The Morgan fingerprint density at radius 1 is 1.16 bits per heavy atom. The zero-order chi connectivity index (χ0) is 22.2. The number of hydrogen-bond donors (Lipinski definition) is 1. The minimum Gasteiger partial charge on any atom is -0.493 e. The molecule has 7 nitrogen and oxygen atoms in total. The number of rotatable bonds is 4. The Morgan fingerprint density at radius 3 is 2.81 bits per heavy atom. The van der Waals surface area contributed by atoms with Crippen LogP contribution in [0.4, 0.5) is 0 Å². The van der Waals surface area contributed by atoms with Crippen LogP contribution in [-0.2, 0) is 0 Å². The van der Waals surface area contributed by atoms with Gasteiger partial charge in [0.1, 0.15) is 17.5 Å². The van der Waals surface area contributed by atoms with Gasteiger partial charge in [-0.15, -0.1) is 0 Å². The average molecular weight is 434 g/mol. The summed E-state index contributed by atoms with van der Waals surface area (Å²) < 4.78 is 17.1. The normalized spacial score (nSPS) is 20.6. The van der Waals surface area contributed by atoms with E-state index in [0.717, 1.165) is 23.7 Å². The number of ketones is 1. The molecule has 1 aromatic heterocycles. The maximum atomic E-state index is 13.3. The van der Waals surface area contributed by atoms with Gasteiger partial charge in [0.25, 0.3) is 5.91 Å². The van der Waals surface area contributed by atoms with E-state index in [0.29, 0.717) is 48.0 Å². The van der Waals surface area contributed by atoms with E-state index in [4.69, 9.17) is 14.2 Å². The first kappa shape index (κ1) is 20.4. The molecule has 0 spiro atoms. The Hall–Kier alpha value is -3.48. The lowest BCUT2D eigenvalue weighted by Crippen LogP contribution is -2.46. The van der Waals surface area contributed by atoms with E-state index in [1.54, 1.807) is 14.2 Å². The van der Waals surface area contributed by atoms with Crippen LogP contribution < -0.4 is 14.2 Å². The summed E-state index contributed by atoms with van der Waals surface area (Å²) in [5.41, 5.74) is 1.98. The highest BCUT2D eigenvalue weighted by atomic mass is 16.5. The maximum Gasteiger partial charge on any atom is 0.270 e. The van der Waals surface area contributed by atoms with Crippen molar-refractivity contribution >= 4 is 22.6 Å². The molecule has 1 N–H and O–H groups in total. The number of Topliss-reactive ketones (excluding diaryl/α,β-unsaturated/α-hetero) is 1. The number of carbonyl (C=O) groups is 2. The van der Waals surface area contributed by atoms with Crippen LogP contribution in [0.2, 0.25) is 0 Å². The van der Waals surface area contributed by atoms with E-state index in [1.807, 2.05) is 47.4 Å². The molecule has 1 fully saturated rings. The smallest absolute Gasteiger partial charge is 0.270 e. The van der Waals surface area contributed by atoms with Gasteiger partial charge in [0.15, 0.2) is 17.3 Å². The maximum absolute atomic E-state index is 13.3. The Bertz CT molecular complexity index is 1180. The number of hydrogen-bond acceptors (Lipinski definition) is 5. The Kier molecular flexibility index (Phi) is 5.25. The van der Waals surface area contributed by atoms with Gasteiger partial charge in [-0.1, -0.05) is 12.1 Å². The van der Waals surface area contributed by atoms with Gasteiger partial charge < -0.3 is 24.1 Å². The molecular weight excluding hydrogens is 408 g/mol. The van der Waals surface area contributed by atoms with Gasteiger partial charge in [-0.05, 0) is 43.2 Å². The minimum atomic E-state index is -0.208. The number of nitrogens with one attached hydrogen (secondary N) is 1. The third-order valence-corrected chi connectivity index (χ3v) is 6.50. The standard InChI is InChI=1S/C25H26N2O5/c1-30-22-10-9-18-17(24(22)31-2)12-19(26-18)25(29)27-11-5-6-15(14-27)23-13-20(28)16-7-3-4-8-21(16)32-23/h3-4,7-10,12,15,23,26H,5-6,11,13-14H2,1-2H3/t15-,23-/m0/s1. The summed E-state index contributed by atoms with van der Waals surface area (Å²) >= 11 is 0. The molecule has 2 atom stereocenters. The predicted molar refractivity (Wildman–Crippen MR) is 120 cm³/mol. The Labute approximate surface area is 186 Å². The van der Waals surface area contributed by atoms with Crippen LogP contribution in [0.1, 0.15) is 40.1 Å². The molecule has 32 heavy (non-hydrogen) atoms. The summed E-state index contributed by atoms with van der Waals surface area (Å²) in [5.74, 6) is 2.03. The van der Waals surface area contributed by atoms with E-state index in [-0.39, 0.29) is 23.7 Å². The van der Waals surface area contributed by atoms with Crippen molar-refractivity contribution in [2.45, 2.75) is 25.4 Å². The Morgan fingerprint density at radius 2 is 2.00 bits per heavy atom. The van der Waals surface area contributed by atoms with Crippen molar-refractivity contribution in [2.75, 3.05) is 27.3 Å². The monoisotopic (exact) mass is 434 g/mol. The van der Waals surface area contributed by atoms with Crippen LogP contribution in [0.5, 0.6) is 17.2 Å². The number of nitrogens with zero attached hydrogens (tertiary/aromatic N) is 1. The first-order valence-corrected chi connectivity index (χ1v) is 10.9. The molecular formula is C25H26N2O5. The molecule has 0 radical (unpaired) electrons. The molecule has 5 rings (SSSR count). The van der Waals surface area contributed by atoms with E-state index in [1.165, 1.54) is 0 Å². The highest BCUT2D eigenvalue weighted by Gasteiger charge is 2.36. The van der Waals surface area contributed by atoms with E-state index in [2.05, 4.69) is 4.98 Å². The van der Waals surface area contributed by atoms with Crippen molar-refractivity contribution in [2.24, 2.45) is 5.92 Å². The molecule has 2 aliphatic rings. The van der Waals surface area contributed by atoms with Gasteiger partial charge in [0.2, 0.25) is 0 Å². The van der Waals surface area contributed by atoms with Crippen LogP contribution in [0, 0.1) is 5.92 Å². The number of benzene rings is 2. The summed E-state index contributed by atoms with van der Waals surface area (Å²) in [6.07, 6.45) is 1.96. The second-order valence-electron chi connectivity index (χ2n) is 8.38. The lowest BCUT2D eigenvalue weighted by Gasteiger charge is -2.38. The third-order valence-electron chi connectivity index (χ3n) is 6.50. The van der Waals surface area contributed by atoms with Crippen LogP contribution in [0.25, 0.3) is 10.9 Å². The number of likely N-dealkylation sites (tertiary alicyclic amines) is 1. The second-order valence-corrected chi connectivity index (χ2v) is 8.38. The number of H-pyrrole nitrogens is 1. The van der Waals surface area contributed by atoms with E-state index < -0.39 is 0 Å². The SMILES string of the molecule is COc1ccc2[nH]c(C(=O)N3CCC[C@H]([C@@H]4CC(=O)c5ccccc5O4)C3)cc2c1OC. The molecule has 0 unspecified atom stereocenters. The fourth-order valence-electron chi connectivity index (χ4n) is 4.87. The molecule has 0 saturated carbocycles. The zero-order valence-corrected chi connectivity index (χ0v) is 18.2. The van der Waals surface area contributed by atoms with E-state index in [9.17, 15) is 9.59 Å². The van der Waals surface area contributed by atoms with Crippen LogP contribution in [0.3, 0.4) is 0 Å². The van der Waals surface area contributed by atoms with Crippen molar-refractivity contribution in [1.29, 1.82) is 0 Å². The second kappa shape index (κ2) is 8.22. The molecule has 1 saturated heterocycles. The van der Waals surface area contributed by atoms with Crippen LogP contribution in [-0.4, -0.2) is 55.0 Å². The lowest BCUT2D eigenvalue weighted by atomic mass is 9.87. The number of carbonyl (C=O) groups excluding carboxylic acids is 2. The number of piperidine rings is 1. The van der Waals surface area contributed by atoms with Crippen molar-refractivity contribution in [3.8, 4) is 17.2 Å². The van der Waals surface area contributed by atoms with Crippen molar-refractivity contribution in [3.63, 3.8) is 0 Å². The quantitative estimate of drug-likeness (QED) is 0.670. The van der Waals surface area contributed by atoms with Crippen LogP contribution in [0.15, 0.2) is 42.5 Å². The Balaban J connectivity index is 1.36. The average Bonchev–Trinajstić information content (AvgIpc) is 3.27. The summed E-state index contributed by atoms with van der Waals surface area (Å²) in [7, 11) is 3.18. The van der Waals surface area contributed by atoms with Gasteiger partial charge in [-0.25, -0.2) is 0 Å². The highest BCUT2D eigenvalue weighted by molar-refractivity contribution is 6.01. The minimum absolute atomic E-state index is 0.0607. The van der Waals surface area contributed by atoms with Gasteiger partial charge >= 0.3 is 0 Å². The number of aromatic amines is 1. The molecule has 0 bridgehead atoms. The molecule has 3 aromatic rings. The third kappa shape index (κ3) is 3.47. The molecule has 166 valence electrons. The number of para-hydroxylation sites is 1. The predicted octanol–water partition coefficient (Wildman–Crippen LogP) is 4.07. The van der Waals surface area contributed by atoms with Gasteiger partial charge in [-0.2, -0.15) is 0 Å². The number of fused-ring (bicyclic) bond motifs is 2. The summed E-state index contributed by atoms with van der Waals surface area (Å²) in [6.45, 7) is 1.25. The number of amides is 1. The highest BCUT2D eigenvalue weighted by Crippen LogP contribution is 2.37. The van der Waals surface area contributed by atoms with Crippen molar-refractivity contribution < 1.29 is 23.8 Å². The largest absolute Gasteiger partial charge is 0.493 e. The molecule has 7 heteroatoms. The number of methoxy groups -OCH3 is 2. The first-order chi connectivity index (χ1) is 15.6. The van der Waals surface area contributed by atoms with E-state index >= 15 is 0 Å². The van der Waals surface area contributed by atoms with Gasteiger partial charge in [-0.3, -0.25) is 9.59 Å². The first-order valence-electron chi connectivity index (χ1n) is 10.9. The molecule has 2 aromatic carbocycles. The summed E-state index contributed by atoms with van der Waals surface area (Å²) in [4.78, 5) is 31.0. The summed E-state index contributed by atoms with van der Waals surface area (Å²) in [5, 5.41) is 0.807. The zero-order valence-electron chi connectivity index (χ0n) is 18.2. The van der Waals surface area contributed by atoms with Crippen molar-refractivity contribution in [1.82, 2.24) is 9.88 Å². The van der Waals surface area contributed by atoms with Crippen LogP contribution >= 0.6 is 0 Å². The lowest BCUT2D eigenvalue weighted by molar-refractivity contribution is 0.0406. The summed E-state index contributed by atoms with van der Waals surface area (Å²) in [6, 6.07) is 12.9. The number of aromatic nitrogens is 1. The fraction of sp³-hybridized carbons (Fsp3) is 0.360. The van der Waals surface area contributed by atoms with Gasteiger partial charge in [0.05, 0.1) is 25.3 Å². The fourth-order valence-corrected chi connectivity index (χ4v) is 4.87.